The predicted molar refractivity (Wildman–Crippen MR) is 152 cm³/mol. The van der Waals surface area contributed by atoms with E-state index in [0.717, 1.165) is 56.8 Å². The van der Waals surface area contributed by atoms with E-state index in [2.05, 4.69) is 26.0 Å². The molecule has 3 aliphatic rings. The van der Waals surface area contributed by atoms with Gasteiger partial charge in [-0.15, -0.1) is 0 Å². The SMILES string of the molecule is CC(c1ccc(Cl)cc1Cl)n1nc(C#N)c2ncc(N3CC([C@@H]4CCCN(C5CCS(=O)(=O)CC5)C4)C3)nc21. The van der Waals surface area contributed by atoms with Crippen molar-refractivity contribution in [2.24, 2.45) is 11.8 Å². The van der Waals surface area contributed by atoms with Gasteiger partial charge >= 0.3 is 0 Å². The Kier molecular flexibility index (Phi) is 7.21. The van der Waals surface area contributed by atoms with E-state index in [0.29, 0.717) is 50.6 Å². The number of anilines is 1. The van der Waals surface area contributed by atoms with Gasteiger partial charge < -0.3 is 9.80 Å². The van der Waals surface area contributed by atoms with Gasteiger partial charge in [0.1, 0.15) is 27.2 Å². The monoisotopic (exact) mass is 587 g/mol. The van der Waals surface area contributed by atoms with Crippen molar-refractivity contribution in [2.45, 2.75) is 44.7 Å². The fourth-order valence-electron chi connectivity index (χ4n) is 6.37. The summed E-state index contributed by atoms with van der Waals surface area (Å²) in [7, 11) is -2.84. The summed E-state index contributed by atoms with van der Waals surface area (Å²) in [5, 5.41) is 15.3. The summed E-state index contributed by atoms with van der Waals surface area (Å²) in [5.74, 6) is 2.61. The second-order valence-corrected chi connectivity index (χ2v) is 14.2. The molecule has 0 amide bonds. The fraction of sp³-hybridized carbons (Fsp3) is 0.556. The first-order valence-corrected chi connectivity index (χ1v) is 16.1. The standard InChI is InChI=1S/C27H31Cl2N7O2S/c1-17(22-5-4-20(28)11-23(22)29)36-27-26(24(12-30)33-36)31-13-25(32-27)35-15-19(16-35)18-3-2-8-34(14-18)21-6-9-39(37,38)10-7-21/h4-5,11,13,17-19,21H,2-3,6-10,14-16H2,1H3/t17?,18-/m1/s1. The van der Waals surface area contributed by atoms with Gasteiger partial charge in [-0.2, -0.15) is 10.4 Å². The number of likely N-dealkylation sites (tertiary alicyclic amines) is 1. The molecule has 1 aromatic carbocycles. The molecule has 12 heteroatoms. The van der Waals surface area contributed by atoms with Gasteiger partial charge in [0.15, 0.2) is 11.3 Å². The van der Waals surface area contributed by atoms with Gasteiger partial charge in [-0.1, -0.05) is 29.3 Å². The van der Waals surface area contributed by atoms with Crippen LogP contribution in [0.5, 0.6) is 0 Å². The van der Waals surface area contributed by atoms with Crippen molar-refractivity contribution in [1.29, 1.82) is 5.26 Å². The van der Waals surface area contributed by atoms with Crippen LogP contribution in [0.2, 0.25) is 10.0 Å². The van der Waals surface area contributed by atoms with Crippen LogP contribution in [0.15, 0.2) is 24.4 Å². The topological polar surface area (TPSA) is 108 Å². The van der Waals surface area contributed by atoms with Gasteiger partial charge in [-0.25, -0.2) is 23.1 Å². The molecule has 0 spiro atoms. The number of hydrogen-bond acceptors (Lipinski definition) is 8. The summed E-state index contributed by atoms with van der Waals surface area (Å²) in [6.45, 7) is 5.91. The van der Waals surface area contributed by atoms with Crippen LogP contribution in [0.25, 0.3) is 11.2 Å². The Morgan fingerprint density at radius 2 is 1.87 bits per heavy atom. The molecular weight excluding hydrogens is 557 g/mol. The summed E-state index contributed by atoms with van der Waals surface area (Å²) in [6, 6.07) is 7.62. The minimum absolute atomic E-state index is 0.236. The van der Waals surface area contributed by atoms with Crippen molar-refractivity contribution in [3.8, 4) is 6.07 Å². The molecule has 3 aliphatic heterocycles. The van der Waals surface area contributed by atoms with E-state index in [1.807, 2.05) is 13.0 Å². The van der Waals surface area contributed by atoms with E-state index in [-0.39, 0.29) is 11.7 Å². The average molecular weight is 589 g/mol. The number of piperidine rings is 1. The first-order valence-electron chi connectivity index (χ1n) is 13.5. The van der Waals surface area contributed by atoms with Crippen LogP contribution < -0.4 is 4.90 Å². The number of hydrogen-bond donors (Lipinski definition) is 0. The zero-order valence-corrected chi connectivity index (χ0v) is 24.1. The lowest BCUT2D eigenvalue weighted by Crippen LogP contribution is -2.55. The number of nitrogens with zero attached hydrogens (tertiary/aromatic N) is 7. The summed E-state index contributed by atoms with van der Waals surface area (Å²) < 4.78 is 25.5. The molecule has 3 aromatic rings. The van der Waals surface area contributed by atoms with Gasteiger partial charge in [0.05, 0.1) is 23.7 Å². The zero-order valence-electron chi connectivity index (χ0n) is 21.8. The first kappa shape index (κ1) is 26.8. The van der Waals surface area contributed by atoms with Crippen molar-refractivity contribution in [1.82, 2.24) is 24.6 Å². The molecule has 206 valence electrons. The number of rotatable bonds is 5. The number of sulfone groups is 1. The molecular formula is C27H31Cl2N7O2S. The van der Waals surface area contributed by atoms with E-state index >= 15 is 0 Å². The Balaban J connectivity index is 1.17. The van der Waals surface area contributed by atoms with Crippen LogP contribution in [-0.4, -0.2) is 76.8 Å². The van der Waals surface area contributed by atoms with Crippen LogP contribution in [-0.2, 0) is 9.84 Å². The lowest BCUT2D eigenvalue weighted by molar-refractivity contribution is 0.0798. The maximum atomic E-state index is 11.9. The van der Waals surface area contributed by atoms with Gasteiger partial charge in [0.2, 0.25) is 0 Å². The molecule has 0 radical (unpaired) electrons. The lowest BCUT2D eigenvalue weighted by Gasteiger charge is -2.48. The highest BCUT2D eigenvalue weighted by Crippen LogP contribution is 2.36. The van der Waals surface area contributed by atoms with Crippen molar-refractivity contribution in [3.05, 3.63) is 45.7 Å². The van der Waals surface area contributed by atoms with Crippen LogP contribution in [0, 0.1) is 23.2 Å². The van der Waals surface area contributed by atoms with E-state index in [9.17, 15) is 13.7 Å². The maximum absolute atomic E-state index is 11.9. The molecule has 3 saturated heterocycles. The third-order valence-corrected chi connectivity index (χ3v) is 11.0. The average Bonchev–Trinajstić information content (AvgIpc) is 3.26. The van der Waals surface area contributed by atoms with E-state index in [1.165, 1.54) is 6.42 Å². The van der Waals surface area contributed by atoms with Crippen molar-refractivity contribution < 1.29 is 8.42 Å². The van der Waals surface area contributed by atoms with Gasteiger partial charge in [0.25, 0.3) is 0 Å². The Hall–Kier alpha value is -2.45. The van der Waals surface area contributed by atoms with Crippen LogP contribution in [0.1, 0.15) is 49.9 Å². The van der Waals surface area contributed by atoms with E-state index in [1.54, 1.807) is 23.0 Å². The number of benzene rings is 1. The summed E-state index contributed by atoms with van der Waals surface area (Å²) >= 11 is 12.6. The van der Waals surface area contributed by atoms with E-state index in [4.69, 9.17) is 28.2 Å². The summed E-state index contributed by atoms with van der Waals surface area (Å²) in [4.78, 5) is 14.3. The molecule has 0 N–H and O–H groups in total. The highest BCUT2D eigenvalue weighted by atomic mass is 35.5. The molecule has 1 unspecified atom stereocenters. The lowest BCUT2D eigenvalue weighted by atomic mass is 9.80. The Labute approximate surface area is 238 Å². The minimum Gasteiger partial charge on any atom is -0.355 e. The molecule has 2 atom stereocenters. The third-order valence-electron chi connectivity index (χ3n) is 8.71. The molecule has 5 heterocycles. The smallest absolute Gasteiger partial charge is 0.190 e. The molecule has 3 fully saturated rings. The van der Waals surface area contributed by atoms with Crippen molar-refractivity contribution in [2.75, 3.05) is 42.6 Å². The maximum Gasteiger partial charge on any atom is 0.190 e. The molecule has 39 heavy (non-hydrogen) atoms. The Morgan fingerprint density at radius 1 is 1.10 bits per heavy atom. The quantitative estimate of drug-likeness (QED) is 0.433. The highest BCUT2D eigenvalue weighted by molar-refractivity contribution is 7.91. The van der Waals surface area contributed by atoms with Crippen molar-refractivity contribution in [3.63, 3.8) is 0 Å². The minimum atomic E-state index is -2.84. The first-order chi connectivity index (χ1) is 18.7. The summed E-state index contributed by atoms with van der Waals surface area (Å²) in [6.07, 6.45) is 5.64. The molecule has 2 aromatic heterocycles. The molecule has 9 nitrogen and oxygen atoms in total. The predicted octanol–water partition coefficient (Wildman–Crippen LogP) is 4.34. The Morgan fingerprint density at radius 3 is 2.59 bits per heavy atom. The largest absolute Gasteiger partial charge is 0.355 e. The number of aromatic nitrogens is 4. The van der Waals surface area contributed by atoms with Crippen LogP contribution in [0.3, 0.4) is 0 Å². The third kappa shape index (κ3) is 5.22. The second kappa shape index (κ2) is 10.5. The number of fused-ring (bicyclic) bond motifs is 1. The van der Waals surface area contributed by atoms with Crippen molar-refractivity contribution >= 4 is 50.0 Å². The highest BCUT2D eigenvalue weighted by Gasteiger charge is 2.39. The molecule has 6 rings (SSSR count). The second-order valence-electron chi connectivity index (χ2n) is 11.1. The van der Waals surface area contributed by atoms with Gasteiger partial charge in [0, 0.05) is 35.7 Å². The zero-order chi connectivity index (χ0) is 27.3. The van der Waals surface area contributed by atoms with Gasteiger partial charge in [-0.05, 0) is 68.7 Å². The van der Waals surface area contributed by atoms with E-state index < -0.39 is 9.84 Å². The number of nitriles is 1. The van der Waals surface area contributed by atoms with Crippen LogP contribution in [0.4, 0.5) is 5.82 Å². The Bertz CT molecular complexity index is 1530. The van der Waals surface area contributed by atoms with Crippen LogP contribution >= 0.6 is 23.2 Å². The molecule has 0 saturated carbocycles. The number of halogens is 2. The normalized spacial score (nSPS) is 23.4. The fourth-order valence-corrected chi connectivity index (χ4v) is 8.40. The molecule has 0 bridgehead atoms. The molecule has 0 aliphatic carbocycles. The summed E-state index contributed by atoms with van der Waals surface area (Å²) in [5.41, 5.74) is 2.11. The van der Waals surface area contributed by atoms with Gasteiger partial charge in [-0.3, -0.25) is 0 Å².